The number of para-hydroxylation sites is 1. The molecule has 0 aromatic heterocycles. The number of ether oxygens (including phenoxy) is 3. The molecule has 1 saturated carbocycles. The molecule has 0 radical (unpaired) electrons. The fourth-order valence-electron chi connectivity index (χ4n) is 4.66. The van der Waals surface area contributed by atoms with Gasteiger partial charge in [-0.15, -0.1) is 0 Å². The zero-order valence-corrected chi connectivity index (χ0v) is 21.2. The van der Waals surface area contributed by atoms with Crippen molar-refractivity contribution >= 4 is 23.5 Å². The summed E-state index contributed by atoms with van der Waals surface area (Å²) in [5.41, 5.74) is -1.85. The van der Waals surface area contributed by atoms with Gasteiger partial charge >= 0.3 is 11.9 Å². The molecule has 3 atom stereocenters. The fraction of sp³-hybridized carbons (Fsp3) is 0.310. The van der Waals surface area contributed by atoms with E-state index in [-0.39, 0.29) is 18.1 Å². The Labute approximate surface area is 219 Å². The zero-order chi connectivity index (χ0) is 26.6. The molecule has 3 aromatic carbocycles. The first kappa shape index (κ1) is 26.6. The summed E-state index contributed by atoms with van der Waals surface area (Å²) in [5.74, 6) is -3.06. The number of carbonyl (C=O) groups is 2. The van der Waals surface area contributed by atoms with Crippen molar-refractivity contribution in [2.24, 2.45) is 5.92 Å². The number of methoxy groups -OCH3 is 1. The second-order valence-corrected chi connectivity index (χ2v) is 9.53. The van der Waals surface area contributed by atoms with Gasteiger partial charge in [0, 0.05) is 30.4 Å². The van der Waals surface area contributed by atoms with Gasteiger partial charge in [-0.05, 0) is 60.2 Å². The third-order valence-corrected chi connectivity index (χ3v) is 6.71. The normalized spacial score (nSPS) is 16.2. The van der Waals surface area contributed by atoms with E-state index >= 15 is 4.39 Å². The number of esters is 2. The summed E-state index contributed by atoms with van der Waals surface area (Å²) in [6.07, 6.45) is -0.448. The van der Waals surface area contributed by atoms with Crippen molar-refractivity contribution in [2.45, 2.75) is 43.9 Å². The molecule has 0 N–H and O–H groups in total. The highest BCUT2D eigenvalue weighted by Gasteiger charge is 2.60. The summed E-state index contributed by atoms with van der Waals surface area (Å²) in [6.45, 7) is 1.14. The van der Waals surface area contributed by atoms with Crippen LogP contribution in [0.25, 0.3) is 0 Å². The maximum atomic E-state index is 17.4. The van der Waals surface area contributed by atoms with Crippen LogP contribution in [0, 0.1) is 11.7 Å². The minimum Gasteiger partial charge on any atom is -0.467 e. The molecule has 1 aliphatic carbocycles. The number of halogens is 3. The Hall–Kier alpha value is -3.45. The van der Waals surface area contributed by atoms with E-state index in [1.807, 2.05) is 0 Å². The van der Waals surface area contributed by atoms with E-state index in [2.05, 4.69) is 0 Å². The Bertz CT molecular complexity index is 1250. The summed E-state index contributed by atoms with van der Waals surface area (Å²) < 4.78 is 47.9. The largest absolute Gasteiger partial charge is 0.467 e. The van der Waals surface area contributed by atoms with Crippen LogP contribution in [0.4, 0.5) is 8.78 Å². The number of hydrogen-bond donors (Lipinski definition) is 0. The average Bonchev–Trinajstić information content (AvgIpc) is 3.71. The third-order valence-electron chi connectivity index (χ3n) is 6.46. The number of rotatable bonds is 10. The molecule has 0 amide bonds. The highest BCUT2D eigenvalue weighted by atomic mass is 35.5. The minimum atomic E-state index is -2.74. The van der Waals surface area contributed by atoms with Crippen LogP contribution in [-0.4, -0.2) is 30.8 Å². The molecular weight excluding hydrogens is 502 g/mol. The van der Waals surface area contributed by atoms with Crippen LogP contribution in [0.15, 0.2) is 72.8 Å². The van der Waals surface area contributed by atoms with Crippen LogP contribution < -0.4 is 4.74 Å². The van der Waals surface area contributed by atoms with Crippen molar-refractivity contribution in [3.05, 3.63) is 94.8 Å². The molecule has 0 aliphatic heterocycles. The van der Waals surface area contributed by atoms with Crippen molar-refractivity contribution in [3.8, 4) is 11.5 Å². The summed E-state index contributed by atoms with van der Waals surface area (Å²) in [5, 5.41) is 0.464. The molecule has 1 fully saturated rings. The molecule has 0 spiro atoms. The monoisotopic (exact) mass is 528 g/mol. The molecule has 5 nitrogen and oxygen atoms in total. The Morgan fingerprint density at radius 1 is 1.05 bits per heavy atom. The summed E-state index contributed by atoms with van der Waals surface area (Å²) in [6, 6.07) is 19.1. The first-order valence-electron chi connectivity index (χ1n) is 11.9. The van der Waals surface area contributed by atoms with Crippen molar-refractivity contribution in [2.75, 3.05) is 7.11 Å². The van der Waals surface area contributed by atoms with Crippen LogP contribution in [0.1, 0.15) is 36.8 Å². The lowest BCUT2D eigenvalue weighted by Gasteiger charge is -2.37. The quantitative estimate of drug-likeness (QED) is 0.270. The Kier molecular flexibility index (Phi) is 8.13. The summed E-state index contributed by atoms with van der Waals surface area (Å²) in [4.78, 5) is 25.4. The maximum Gasteiger partial charge on any atom is 0.348 e. The van der Waals surface area contributed by atoms with E-state index in [1.165, 1.54) is 18.2 Å². The molecule has 0 bridgehead atoms. The van der Waals surface area contributed by atoms with Gasteiger partial charge in [0.2, 0.25) is 0 Å². The third kappa shape index (κ3) is 6.10. The lowest BCUT2D eigenvalue weighted by Crippen LogP contribution is -2.54. The maximum absolute atomic E-state index is 17.4. The summed E-state index contributed by atoms with van der Waals surface area (Å²) >= 11 is 6.05. The van der Waals surface area contributed by atoms with Gasteiger partial charge in [-0.25, -0.2) is 13.6 Å². The number of hydrogen-bond acceptors (Lipinski definition) is 5. The second kappa shape index (κ2) is 11.3. The minimum absolute atomic E-state index is 0.116. The second-order valence-electron chi connectivity index (χ2n) is 9.10. The van der Waals surface area contributed by atoms with Gasteiger partial charge in [0.1, 0.15) is 17.3 Å². The SMILES string of the molecule is COC(=O)[C@@](F)([C@H](Cc1ccc(F)cc1Oc1ccccc1)OC(C)=O)[C@@H](c1ccc(Cl)cc1)C1CC1. The highest BCUT2D eigenvalue weighted by molar-refractivity contribution is 6.30. The van der Waals surface area contributed by atoms with Crippen LogP contribution in [0.5, 0.6) is 11.5 Å². The fourth-order valence-corrected chi connectivity index (χ4v) is 4.78. The van der Waals surface area contributed by atoms with Gasteiger partial charge in [0.15, 0.2) is 6.10 Å². The molecule has 0 saturated heterocycles. The standard InChI is InChI=1S/C29H27ClF2O5/c1-18(33)36-26(16-21-12-15-23(31)17-25(21)37-24-6-4-3-5-7-24)29(32,28(34)35-2)27(19-8-9-19)20-10-13-22(30)14-11-20/h3-7,10-15,17,19,26-27H,8-9,16H2,1-2H3/t26-,27+,29+/m0/s1. The smallest absolute Gasteiger partial charge is 0.348 e. The predicted molar refractivity (Wildman–Crippen MR) is 135 cm³/mol. The van der Waals surface area contributed by atoms with Crippen molar-refractivity contribution in [1.82, 2.24) is 0 Å². The number of carbonyl (C=O) groups excluding carboxylic acids is 2. The van der Waals surface area contributed by atoms with Gasteiger partial charge in [-0.3, -0.25) is 4.79 Å². The first-order valence-corrected chi connectivity index (χ1v) is 12.3. The van der Waals surface area contributed by atoms with Gasteiger partial charge in [-0.2, -0.15) is 0 Å². The van der Waals surface area contributed by atoms with Crippen LogP contribution in [0.3, 0.4) is 0 Å². The van der Waals surface area contributed by atoms with Gasteiger partial charge in [0.25, 0.3) is 5.67 Å². The van der Waals surface area contributed by atoms with Crippen molar-refractivity contribution in [3.63, 3.8) is 0 Å². The van der Waals surface area contributed by atoms with Crippen LogP contribution >= 0.6 is 11.6 Å². The van der Waals surface area contributed by atoms with Gasteiger partial charge < -0.3 is 14.2 Å². The Morgan fingerprint density at radius 3 is 2.32 bits per heavy atom. The van der Waals surface area contributed by atoms with Gasteiger partial charge in [0.05, 0.1) is 7.11 Å². The Balaban J connectivity index is 1.79. The zero-order valence-electron chi connectivity index (χ0n) is 20.5. The van der Waals surface area contributed by atoms with E-state index in [0.29, 0.717) is 34.7 Å². The average molecular weight is 529 g/mol. The number of benzene rings is 3. The highest BCUT2D eigenvalue weighted by Crippen LogP contribution is 2.52. The predicted octanol–water partition coefficient (Wildman–Crippen LogP) is 6.82. The molecule has 1 aliphatic rings. The number of alkyl halides is 1. The molecule has 4 rings (SSSR count). The van der Waals surface area contributed by atoms with E-state index in [0.717, 1.165) is 14.0 Å². The van der Waals surface area contributed by atoms with E-state index in [9.17, 15) is 14.0 Å². The first-order chi connectivity index (χ1) is 17.7. The molecule has 3 aromatic rings. The molecule has 8 heteroatoms. The molecular formula is C29H27ClF2O5. The molecule has 0 unspecified atom stereocenters. The molecule has 194 valence electrons. The lowest BCUT2D eigenvalue weighted by molar-refractivity contribution is -0.177. The molecule has 0 heterocycles. The van der Waals surface area contributed by atoms with E-state index in [4.69, 9.17) is 25.8 Å². The van der Waals surface area contributed by atoms with Crippen LogP contribution in [0.2, 0.25) is 5.02 Å². The van der Waals surface area contributed by atoms with E-state index in [1.54, 1.807) is 54.6 Å². The van der Waals surface area contributed by atoms with Crippen LogP contribution in [-0.2, 0) is 25.5 Å². The summed E-state index contributed by atoms with van der Waals surface area (Å²) in [7, 11) is 1.09. The van der Waals surface area contributed by atoms with Crippen molar-refractivity contribution in [1.29, 1.82) is 0 Å². The molecule has 37 heavy (non-hydrogen) atoms. The van der Waals surface area contributed by atoms with E-state index < -0.39 is 35.4 Å². The van der Waals surface area contributed by atoms with Crippen molar-refractivity contribution < 1.29 is 32.6 Å². The Morgan fingerprint density at radius 2 is 1.73 bits per heavy atom. The lowest BCUT2D eigenvalue weighted by atomic mass is 9.75. The van der Waals surface area contributed by atoms with Gasteiger partial charge in [-0.1, -0.05) is 48.0 Å². The topological polar surface area (TPSA) is 61.8 Å².